The molecule has 0 atom stereocenters. The standard InChI is InChI=1S/C28H30N4O2/c1-30-17-21(15-29)26-12-11-19(16-31-26)13-20-14-25-27(24-10-6-5-9-23(20)24)34-18-32(28(25)33)22-7-3-2-4-8-22/h5-6,9-12,14-17,22,29-30H,2-4,7-8,13,18H2,1H3/b21-17+,29-15?. The van der Waals surface area contributed by atoms with Crippen molar-refractivity contribution in [3.63, 3.8) is 0 Å². The van der Waals surface area contributed by atoms with E-state index in [9.17, 15) is 4.79 Å². The number of fused-ring (bicyclic) bond motifs is 3. The fourth-order valence-electron chi connectivity index (χ4n) is 5.16. The van der Waals surface area contributed by atoms with Gasteiger partial charge in [0.05, 0.1) is 11.3 Å². The minimum atomic E-state index is 0.0847. The van der Waals surface area contributed by atoms with Gasteiger partial charge in [-0.1, -0.05) is 49.6 Å². The van der Waals surface area contributed by atoms with Crippen molar-refractivity contribution < 1.29 is 9.53 Å². The third kappa shape index (κ3) is 4.16. The Morgan fingerprint density at radius 3 is 2.68 bits per heavy atom. The highest BCUT2D eigenvalue weighted by atomic mass is 16.5. The van der Waals surface area contributed by atoms with Gasteiger partial charge in [-0.3, -0.25) is 9.78 Å². The zero-order valence-corrected chi connectivity index (χ0v) is 19.5. The van der Waals surface area contributed by atoms with Gasteiger partial charge in [-0.15, -0.1) is 0 Å². The Bertz CT molecular complexity index is 1240. The third-order valence-corrected chi connectivity index (χ3v) is 6.91. The van der Waals surface area contributed by atoms with E-state index in [-0.39, 0.29) is 11.9 Å². The average molecular weight is 455 g/mol. The minimum absolute atomic E-state index is 0.0847. The van der Waals surface area contributed by atoms with Crippen molar-refractivity contribution in [2.75, 3.05) is 13.8 Å². The first-order valence-corrected chi connectivity index (χ1v) is 12.0. The lowest BCUT2D eigenvalue weighted by Crippen LogP contribution is -2.46. The number of ether oxygens (including phenoxy) is 1. The average Bonchev–Trinajstić information content (AvgIpc) is 2.89. The van der Waals surface area contributed by atoms with Crippen molar-refractivity contribution in [2.24, 2.45) is 0 Å². The molecule has 1 aromatic heterocycles. The lowest BCUT2D eigenvalue weighted by Gasteiger charge is -2.37. The summed E-state index contributed by atoms with van der Waals surface area (Å²) in [4.78, 5) is 20.1. The summed E-state index contributed by atoms with van der Waals surface area (Å²) in [5, 5.41) is 12.6. The number of nitrogens with zero attached hydrogens (tertiary/aromatic N) is 2. The van der Waals surface area contributed by atoms with Gasteiger partial charge in [0, 0.05) is 42.7 Å². The number of nitrogens with one attached hydrogen (secondary N) is 2. The summed E-state index contributed by atoms with van der Waals surface area (Å²) in [5.41, 5.74) is 4.27. The number of rotatable bonds is 6. The number of pyridine rings is 1. The molecule has 6 nitrogen and oxygen atoms in total. The van der Waals surface area contributed by atoms with Gasteiger partial charge >= 0.3 is 0 Å². The predicted molar refractivity (Wildman–Crippen MR) is 135 cm³/mol. The second-order valence-corrected chi connectivity index (χ2v) is 9.06. The normalized spacial score (nSPS) is 16.8. The monoisotopic (exact) mass is 454 g/mol. The number of hydrogen-bond acceptors (Lipinski definition) is 5. The van der Waals surface area contributed by atoms with E-state index < -0.39 is 0 Å². The maximum Gasteiger partial charge on any atom is 0.260 e. The van der Waals surface area contributed by atoms with Crippen molar-refractivity contribution in [3.05, 3.63) is 77.2 Å². The maximum absolute atomic E-state index is 13.6. The van der Waals surface area contributed by atoms with Crippen molar-refractivity contribution in [3.8, 4) is 5.75 Å². The minimum Gasteiger partial charge on any atom is -0.472 e. The summed E-state index contributed by atoms with van der Waals surface area (Å²) in [7, 11) is 1.81. The number of allylic oxidation sites excluding steroid dienone is 1. The molecule has 1 saturated carbocycles. The molecule has 0 unspecified atom stereocenters. The van der Waals surface area contributed by atoms with Crippen molar-refractivity contribution in [1.82, 2.24) is 15.2 Å². The molecule has 6 heteroatoms. The highest BCUT2D eigenvalue weighted by Gasteiger charge is 2.33. The van der Waals surface area contributed by atoms with E-state index in [2.05, 4.69) is 16.4 Å². The summed E-state index contributed by atoms with van der Waals surface area (Å²) in [6.07, 6.45) is 11.3. The molecule has 2 aliphatic rings. The largest absolute Gasteiger partial charge is 0.472 e. The SMILES string of the molecule is CN/C=C(\C=N)c1ccc(Cc2cc3c(c4ccccc24)OCN(C2CCCCC2)C3=O)cn1. The Kier molecular flexibility index (Phi) is 6.30. The van der Waals surface area contributed by atoms with Crippen LogP contribution in [0.15, 0.2) is 54.9 Å². The van der Waals surface area contributed by atoms with Crippen molar-refractivity contribution in [2.45, 2.75) is 44.6 Å². The molecular weight excluding hydrogens is 424 g/mol. The summed E-state index contributed by atoms with van der Waals surface area (Å²) in [6, 6.07) is 14.4. The van der Waals surface area contributed by atoms with Gasteiger partial charge < -0.3 is 20.4 Å². The number of aromatic nitrogens is 1. The summed E-state index contributed by atoms with van der Waals surface area (Å²) in [6.45, 7) is 0.334. The Labute approximate surface area is 200 Å². The maximum atomic E-state index is 13.6. The van der Waals surface area contributed by atoms with Crippen LogP contribution in [0.4, 0.5) is 0 Å². The molecule has 174 valence electrons. The van der Waals surface area contributed by atoms with Gasteiger partial charge in [-0.25, -0.2) is 0 Å². The van der Waals surface area contributed by atoms with Crippen LogP contribution in [0.25, 0.3) is 16.3 Å². The Morgan fingerprint density at radius 2 is 1.97 bits per heavy atom. The first-order chi connectivity index (χ1) is 16.7. The van der Waals surface area contributed by atoms with Crippen LogP contribution in [0.3, 0.4) is 0 Å². The lowest BCUT2D eigenvalue weighted by molar-refractivity contribution is 0.0324. The molecule has 34 heavy (non-hydrogen) atoms. The van der Waals surface area contributed by atoms with Crippen LogP contribution in [0.2, 0.25) is 0 Å². The summed E-state index contributed by atoms with van der Waals surface area (Å²) in [5.74, 6) is 0.791. The molecule has 2 N–H and O–H groups in total. The van der Waals surface area contributed by atoms with E-state index in [1.165, 1.54) is 25.5 Å². The second-order valence-electron chi connectivity index (χ2n) is 9.06. The highest BCUT2D eigenvalue weighted by Crippen LogP contribution is 2.38. The first kappa shape index (κ1) is 22.1. The molecule has 0 saturated heterocycles. The van der Waals surface area contributed by atoms with E-state index in [1.54, 1.807) is 13.2 Å². The quantitative estimate of drug-likeness (QED) is 0.504. The highest BCUT2D eigenvalue weighted by molar-refractivity contribution is 6.07. The van der Waals surface area contributed by atoms with Gasteiger partial charge in [0.1, 0.15) is 5.75 Å². The molecule has 5 rings (SSSR count). The zero-order valence-electron chi connectivity index (χ0n) is 19.5. The van der Waals surface area contributed by atoms with Crippen LogP contribution in [0.1, 0.15) is 59.3 Å². The van der Waals surface area contributed by atoms with Crippen LogP contribution in [-0.4, -0.2) is 41.8 Å². The molecule has 1 aliphatic carbocycles. The molecule has 1 fully saturated rings. The number of carbonyl (C=O) groups is 1. The fourth-order valence-corrected chi connectivity index (χ4v) is 5.16. The van der Waals surface area contributed by atoms with Crippen LogP contribution < -0.4 is 10.1 Å². The predicted octanol–water partition coefficient (Wildman–Crippen LogP) is 5.16. The van der Waals surface area contributed by atoms with Gasteiger partial charge in [0.25, 0.3) is 5.91 Å². The molecule has 0 radical (unpaired) electrons. The van der Waals surface area contributed by atoms with E-state index >= 15 is 0 Å². The number of amides is 1. The first-order valence-electron chi connectivity index (χ1n) is 12.0. The van der Waals surface area contributed by atoms with E-state index in [0.29, 0.717) is 24.5 Å². The summed E-state index contributed by atoms with van der Waals surface area (Å²) < 4.78 is 6.21. The number of hydrogen-bond donors (Lipinski definition) is 2. The van der Waals surface area contributed by atoms with Crippen LogP contribution in [-0.2, 0) is 6.42 Å². The Hall–Kier alpha value is -3.67. The van der Waals surface area contributed by atoms with E-state index in [0.717, 1.165) is 46.0 Å². The van der Waals surface area contributed by atoms with Gasteiger partial charge in [-0.2, -0.15) is 0 Å². The molecule has 1 aliphatic heterocycles. The van der Waals surface area contributed by atoms with Gasteiger partial charge in [-0.05, 0) is 47.9 Å². The fraction of sp³-hybridized carbons (Fsp3) is 0.321. The number of benzene rings is 2. The van der Waals surface area contributed by atoms with Gasteiger partial charge in [0.15, 0.2) is 6.73 Å². The molecular formula is C28H30N4O2. The molecule has 0 bridgehead atoms. The van der Waals surface area contributed by atoms with Crippen LogP contribution in [0, 0.1) is 5.41 Å². The van der Waals surface area contributed by atoms with Crippen LogP contribution in [0.5, 0.6) is 5.75 Å². The molecule has 0 spiro atoms. The zero-order chi connectivity index (χ0) is 23.5. The van der Waals surface area contributed by atoms with Crippen molar-refractivity contribution >= 4 is 28.5 Å². The second kappa shape index (κ2) is 9.67. The smallest absolute Gasteiger partial charge is 0.260 e. The van der Waals surface area contributed by atoms with Crippen molar-refractivity contribution in [1.29, 1.82) is 5.41 Å². The molecule has 1 amide bonds. The third-order valence-electron chi connectivity index (χ3n) is 6.91. The van der Waals surface area contributed by atoms with Gasteiger partial charge in [0.2, 0.25) is 0 Å². The van der Waals surface area contributed by atoms with Crippen LogP contribution >= 0.6 is 0 Å². The molecule has 2 heterocycles. The summed E-state index contributed by atoms with van der Waals surface area (Å²) >= 11 is 0. The van der Waals surface area contributed by atoms with E-state index in [1.807, 2.05) is 47.5 Å². The topological polar surface area (TPSA) is 78.3 Å². The molecule has 3 aromatic rings. The lowest BCUT2D eigenvalue weighted by atomic mass is 9.91. The molecule has 2 aromatic carbocycles. The van der Waals surface area contributed by atoms with E-state index in [4.69, 9.17) is 10.1 Å². The Morgan fingerprint density at radius 1 is 1.18 bits per heavy atom. The number of carbonyl (C=O) groups excluding carboxylic acids is 1. The Balaban J connectivity index is 1.49.